The molecule has 0 amide bonds. The Labute approximate surface area is 110 Å². The van der Waals surface area contributed by atoms with Crippen LogP contribution in [0.1, 0.15) is 44.1 Å². The van der Waals surface area contributed by atoms with E-state index in [1.54, 1.807) is 0 Å². The first kappa shape index (κ1) is 13.3. The number of anilines is 1. The van der Waals surface area contributed by atoms with E-state index in [1.165, 1.54) is 17.0 Å². The number of hydrogen-bond acceptors (Lipinski definition) is 4. The van der Waals surface area contributed by atoms with Gasteiger partial charge in [-0.3, -0.25) is 0 Å². The Morgan fingerprint density at radius 2 is 1.94 bits per heavy atom. The van der Waals surface area contributed by atoms with Gasteiger partial charge in [0.15, 0.2) is 0 Å². The molecule has 2 heterocycles. The highest BCUT2D eigenvalue weighted by Gasteiger charge is 2.18. The van der Waals surface area contributed by atoms with Crippen molar-refractivity contribution in [2.75, 3.05) is 24.5 Å². The number of rotatable bonds is 5. The summed E-state index contributed by atoms with van der Waals surface area (Å²) in [5.74, 6) is 0.908. The van der Waals surface area contributed by atoms with E-state index in [2.05, 4.69) is 31.0 Å². The molecule has 4 heteroatoms. The lowest BCUT2D eigenvalue weighted by Crippen LogP contribution is -2.30. The summed E-state index contributed by atoms with van der Waals surface area (Å²) in [5.41, 5.74) is 3.87. The van der Waals surface area contributed by atoms with Gasteiger partial charge in [-0.25, -0.2) is 9.97 Å². The smallest absolute Gasteiger partial charge is 0.225 e. The van der Waals surface area contributed by atoms with Crippen molar-refractivity contribution in [3.05, 3.63) is 17.0 Å². The Hall–Kier alpha value is -1.16. The van der Waals surface area contributed by atoms with E-state index in [-0.39, 0.29) is 0 Å². The Kier molecular flexibility index (Phi) is 4.53. The molecular weight excluding hydrogens is 224 g/mol. The van der Waals surface area contributed by atoms with E-state index in [0.29, 0.717) is 0 Å². The summed E-state index contributed by atoms with van der Waals surface area (Å²) in [6.07, 6.45) is 3.29. The molecule has 0 fully saturated rings. The maximum absolute atomic E-state index is 4.80. The van der Waals surface area contributed by atoms with Crippen LogP contribution in [-0.4, -0.2) is 29.6 Å². The molecule has 0 spiro atoms. The third kappa shape index (κ3) is 2.64. The third-order valence-corrected chi connectivity index (χ3v) is 3.54. The highest BCUT2D eigenvalue weighted by Crippen LogP contribution is 2.20. The maximum atomic E-state index is 4.80. The molecule has 0 bridgehead atoms. The Morgan fingerprint density at radius 1 is 1.17 bits per heavy atom. The van der Waals surface area contributed by atoms with Crippen molar-refractivity contribution in [3.63, 3.8) is 0 Å². The number of nitrogens with zero attached hydrogens (tertiary/aromatic N) is 3. The van der Waals surface area contributed by atoms with Crippen LogP contribution in [0.2, 0.25) is 0 Å². The molecule has 0 aromatic carbocycles. The summed E-state index contributed by atoms with van der Waals surface area (Å²) in [4.78, 5) is 11.8. The van der Waals surface area contributed by atoms with Crippen molar-refractivity contribution in [1.29, 1.82) is 0 Å². The number of aromatic nitrogens is 2. The summed E-state index contributed by atoms with van der Waals surface area (Å²) in [6.45, 7) is 10.4. The SMILES string of the molecule is CCCc1nc(N(CC)CC)nc2c1CCNC2. The van der Waals surface area contributed by atoms with Crippen LogP contribution in [0.3, 0.4) is 0 Å². The average Bonchev–Trinajstić information content (AvgIpc) is 2.40. The zero-order valence-electron chi connectivity index (χ0n) is 11.8. The molecule has 0 radical (unpaired) electrons. The second-order valence-electron chi connectivity index (χ2n) is 4.74. The average molecular weight is 248 g/mol. The van der Waals surface area contributed by atoms with Crippen molar-refractivity contribution < 1.29 is 0 Å². The molecule has 0 unspecified atom stereocenters. The molecule has 0 aliphatic carbocycles. The van der Waals surface area contributed by atoms with Crippen LogP contribution in [0, 0.1) is 0 Å². The monoisotopic (exact) mass is 248 g/mol. The molecule has 1 aliphatic rings. The zero-order chi connectivity index (χ0) is 13.0. The highest BCUT2D eigenvalue weighted by atomic mass is 15.2. The van der Waals surface area contributed by atoms with Crippen molar-refractivity contribution >= 4 is 5.95 Å². The summed E-state index contributed by atoms with van der Waals surface area (Å²) < 4.78 is 0. The molecular formula is C14H24N4. The van der Waals surface area contributed by atoms with Gasteiger partial charge in [0.25, 0.3) is 0 Å². The van der Waals surface area contributed by atoms with Crippen LogP contribution in [0.25, 0.3) is 0 Å². The predicted octanol–water partition coefficient (Wildman–Crippen LogP) is 1.92. The second kappa shape index (κ2) is 6.14. The van der Waals surface area contributed by atoms with Gasteiger partial charge in [0, 0.05) is 25.3 Å². The van der Waals surface area contributed by atoms with Gasteiger partial charge in [-0.15, -0.1) is 0 Å². The fourth-order valence-corrected chi connectivity index (χ4v) is 2.51. The minimum Gasteiger partial charge on any atom is -0.341 e. The van der Waals surface area contributed by atoms with Gasteiger partial charge in [0.05, 0.1) is 5.69 Å². The minimum atomic E-state index is 0.892. The molecule has 2 rings (SSSR count). The first-order chi connectivity index (χ1) is 8.80. The highest BCUT2D eigenvalue weighted by molar-refractivity contribution is 5.38. The molecule has 0 saturated heterocycles. The van der Waals surface area contributed by atoms with Crippen LogP contribution in [0.15, 0.2) is 0 Å². The van der Waals surface area contributed by atoms with Crippen molar-refractivity contribution in [2.24, 2.45) is 0 Å². The lowest BCUT2D eigenvalue weighted by atomic mass is 10.0. The standard InChI is InChI=1S/C14H24N4/c1-4-7-12-11-8-9-15-10-13(11)17-14(16-12)18(5-2)6-3/h15H,4-10H2,1-3H3. The summed E-state index contributed by atoms with van der Waals surface area (Å²) >= 11 is 0. The number of nitrogens with one attached hydrogen (secondary N) is 1. The van der Waals surface area contributed by atoms with Gasteiger partial charge >= 0.3 is 0 Å². The Bertz CT molecular complexity index is 399. The lowest BCUT2D eigenvalue weighted by molar-refractivity contribution is 0.610. The van der Waals surface area contributed by atoms with Gasteiger partial charge in [0.1, 0.15) is 0 Å². The van der Waals surface area contributed by atoms with E-state index < -0.39 is 0 Å². The van der Waals surface area contributed by atoms with E-state index in [1.807, 2.05) is 0 Å². The molecule has 18 heavy (non-hydrogen) atoms. The normalized spacial score (nSPS) is 14.4. The summed E-state index contributed by atoms with van der Waals surface area (Å²) in [7, 11) is 0. The summed E-state index contributed by atoms with van der Waals surface area (Å²) in [6, 6.07) is 0. The predicted molar refractivity (Wildman–Crippen MR) is 75.0 cm³/mol. The van der Waals surface area contributed by atoms with Gasteiger partial charge in [-0.2, -0.15) is 0 Å². The molecule has 1 aliphatic heterocycles. The molecule has 100 valence electrons. The molecule has 4 nitrogen and oxygen atoms in total. The largest absolute Gasteiger partial charge is 0.341 e. The summed E-state index contributed by atoms with van der Waals surface area (Å²) in [5, 5.41) is 3.40. The molecule has 1 aromatic heterocycles. The quantitative estimate of drug-likeness (QED) is 0.864. The molecule has 0 atom stereocenters. The van der Waals surface area contributed by atoms with Crippen LogP contribution in [-0.2, 0) is 19.4 Å². The number of fused-ring (bicyclic) bond motifs is 1. The third-order valence-electron chi connectivity index (χ3n) is 3.54. The fraction of sp³-hybridized carbons (Fsp3) is 0.714. The number of hydrogen-bond donors (Lipinski definition) is 1. The fourth-order valence-electron chi connectivity index (χ4n) is 2.51. The molecule has 1 N–H and O–H groups in total. The zero-order valence-corrected chi connectivity index (χ0v) is 11.8. The van der Waals surface area contributed by atoms with E-state index in [0.717, 1.165) is 51.4 Å². The lowest BCUT2D eigenvalue weighted by Gasteiger charge is -2.24. The minimum absolute atomic E-state index is 0.892. The van der Waals surface area contributed by atoms with Gasteiger partial charge < -0.3 is 10.2 Å². The van der Waals surface area contributed by atoms with Crippen molar-refractivity contribution in [1.82, 2.24) is 15.3 Å². The van der Waals surface area contributed by atoms with Crippen LogP contribution in [0.5, 0.6) is 0 Å². The topological polar surface area (TPSA) is 41.1 Å². The first-order valence-electron chi connectivity index (χ1n) is 7.14. The van der Waals surface area contributed by atoms with Crippen LogP contribution < -0.4 is 10.2 Å². The Balaban J connectivity index is 2.40. The van der Waals surface area contributed by atoms with E-state index in [9.17, 15) is 0 Å². The molecule has 0 saturated carbocycles. The van der Waals surface area contributed by atoms with E-state index >= 15 is 0 Å². The second-order valence-corrected chi connectivity index (χ2v) is 4.74. The first-order valence-corrected chi connectivity index (χ1v) is 7.14. The van der Waals surface area contributed by atoms with Crippen molar-refractivity contribution in [2.45, 2.75) is 46.6 Å². The van der Waals surface area contributed by atoms with Gasteiger partial charge in [-0.1, -0.05) is 13.3 Å². The van der Waals surface area contributed by atoms with E-state index in [4.69, 9.17) is 9.97 Å². The van der Waals surface area contributed by atoms with Gasteiger partial charge in [-0.05, 0) is 38.8 Å². The number of aryl methyl sites for hydroxylation is 1. The Morgan fingerprint density at radius 3 is 2.61 bits per heavy atom. The maximum Gasteiger partial charge on any atom is 0.225 e. The van der Waals surface area contributed by atoms with Crippen LogP contribution in [0.4, 0.5) is 5.95 Å². The molecule has 1 aromatic rings. The van der Waals surface area contributed by atoms with Gasteiger partial charge in [0.2, 0.25) is 5.95 Å². The van der Waals surface area contributed by atoms with Crippen LogP contribution >= 0.6 is 0 Å². The van der Waals surface area contributed by atoms with Crippen molar-refractivity contribution in [3.8, 4) is 0 Å².